The van der Waals surface area contributed by atoms with E-state index in [1.807, 2.05) is 24.3 Å². The summed E-state index contributed by atoms with van der Waals surface area (Å²) in [6, 6.07) is 7.68. The largest absolute Gasteiger partial charge is 0.351 e. The molecule has 1 atom stereocenters. The number of hydrogen-bond donors (Lipinski definition) is 2. The summed E-state index contributed by atoms with van der Waals surface area (Å²) in [7, 11) is 0. The molecule has 6 heteroatoms. The van der Waals surface area contributed by atoms with Crippen LogP contribution in [0.2, 0.25) is 5.02 Å². The van der Waals surface area contributed by atoms with Crippen LogP contribution in [0.15, 0.2) is 24.3 Å². The summed E-state index contributed by atoms with van der Waals surface area (Å²) in [5.41, 5.74) is 6.84. The maximum absolute atomic E-state index is 11.7. The molecule has 106 valence electrons. The molecule has 0 aliphatic carbocycles. The van der Waals surface area contributed by atoms with E-state index in [4.69, 9.17) is 17.3 Å². The van der Waals surface area contributed by atoms with Gasteiger partial charge in [-0.25, -0.2) is 0 Å². The molecule has 0 spiro atoms. The predicted molar refractivity (Wildman–Crippen MR) is 79.6 cm³/mol. The molecular formula is C13H19Cl2N3O. The molecule has 1 aromatic carbocycles. The summed E-state index contributed by atoms with van der Waals surface area (Å²) in [6.45, 7) is 2.70. The smallest absolute Gasteiger partial charge is 0.234 e. The highest BCUT2D eigenvalue weighted by atomic mass is 35.5. The summed E-state index contributed by atoms with van der Waals surface area (Å²) >= 11 is 5.80. The lowest BCUT2D eigenvalue weighted by molar-refractivity contribution is -0.122. The Morgan fingerprint density at radius 3 is 2.68 bits per heavy atom. The van der Waals surface area contributed by atoms with Crippen molar-refractivity contribution in [2.45, 2.75) is 19.0 Å². The zero-order valence-electron chi connectivity index (χ0n) is 10.6. The van der Waals surface area contributed by atoms with Crippen LogP contribution in [0.1, 0.15) is 12.0 Å². The molecule has 0 aromatic heterocycles. The van der Waals surface area contributed by atoms with E-state index in [1.165, 1.54) is 0 Å². The van der Waals surface area contributed by atoms with Gasteiger partial charge in [0.2, 0.25) is 5.91 Å². The van der Waals surface area contributed by atoms with Gasteiger partial charge in [0.05, 0.1) is 6.54 Å². The van der Waals surface area contributed by atoms with Crippen LogP contribution in [0.25, 0.3) is 0 Å². The zero-order valence-corrected chi connectivity index (χ0v) is 12.2. The minimum Gasteiger partial charge on any atom is -0.351 e. The van der Waals surface area contributed by atoms with Gasteiger partial charge in [0.1, 0.15) is 0 Å². The van der Waals surface area contributed by atoms with E-state index in [0.717, 1.165) is 25.1 Å². The van der Waals surface area contributed by atoms with Crippen molar-refractivity contribution in [3.05, 3.63) is 34.9 Å². The molecule has 1 fully saturated rings. The van der Waals surface area contributed by atoms with E-state index in [9.17, 15) is 4.79 Å². The predicted octanol–water partition coefficient (Wildman–Crippen LogP) is 1.41. The van der Waals surface area contributed by atoms with Crippen LogP contribution >= 0.6 is 24.0 Å². The number of halogens is 2. The maximum atomic E-state index is 11.7. The van der Waals surface area contributed by atoms with Crippen LogP contribution in [0.3, 0.4) is 0 Å². The highest BCUT2D eigenvalue weighted by Crippen LogP contribution is 2.09. The Kier molecular flexibility index (Phi) is 6.58. The van der Waals surface area contributed by atoms with Crippen LogP contribution in [-0.4, -0.2) is 36.5 Å². The van der Waals surface area contributed by atoms with Gasteiger partial charge in [-0.1, -0.05) is 23.7 Å². The molecule has 0 unspecified atom stereocenters. The molecule has 1 aliphatic rings. The molecule has 19 heavy (non-hydrogen) atoms. The van der Waals surface area contributed by atoms with E-state index in [0.29, 0.717) is 18.1 Å². The van der Waals surface area contributed by atoms with Gasteiger partial charge in [-0.05, 0) is 24.1 Å². The lowest BCUT2D eigenvalue weighted by Crippen LogP contribution is -2.37. The second-order valence-electron chi connectivity index (χ2n) is 4.69. The molecule has 2 rings (SSSR count). The van der Waals surface area contributed by atoms with Gasteiger partial charge in [0, 0.05) is 30.7 Å². The highest BCUT2D eigenvalue weighted by molar-refractivity contribution is 6.30. The van der Waals surface area contributed by atoms with Gasteiger partial charge in [-0.3, -0.25) is 9.69 Å². The number of amides is 1. The molecule has 4 nitrogen and oxygen atoms in total. The first kappa shape index (κ1) is 16.2. The van der Waals surface area contributed by atoms with Crippen LogP contribution in [0.5, 0.6) is 0 Å². The number of likely N-dealkylation sites (tertiary alicyclic amines) is 1. The fraction of sp³-hybridized carbons (Fsp3) is 0.462. The third-order valence-corrected chi connectivity index (χ3v) is 3.33. The number of carbonyl (C=O) groups excluding carboxylic acids is 1. The summed E-state index contributed by atoms with van der Waals surface area (Å²) in [5.74, 6) is 0.0408. The third kappa shape index (κ3) is 5.37. The molecule has 0 bridgehead atoms. The number of nitrogens with one attached hydrogen (secondary N) is 1. The number of nitrogens with zero attached hydrogens (tertiary/aromatic N) is 1. The number of carbonyl (C=O) groups is 1. The summed E-state index contributed by atoms with van der Waals surface area (Å²) in [4.78, 5) is 13.8. The average Bonchev–Trinajstić information content (AvgIpc) is 2.74. The van der Waals surface area contributed by atoms with Crippen molar-refractivity contribution in [3.8, 4) is 0 Å². The average molecular weight is 304 g/mol. The molecule has 0 radical (unpaired) electrons. The SMILES string of the molecule is Cl.N[C@@H]1CCN(CC(=O)NCc2ccc(Cl)cc2)C1. The molecule has 1 heterocycles. The Morgan fingerprint density at radius 2 is 2.11 bits per heavy atom. The Hall–Kier alpha value is -0.810. The van der Waals surface area contributed by atoms with Crippen molar-refractivity contribution >= 4 is 29.9 Å². The first-order valence-electron chi connectivity index (χ1n) is 6.12. The molecular weight excluding hydrogens is 285 g/mol. The zero-order chi connectivity index (χ0) is 13.0. The molecule has 0 saturated carbocycles. The minimum absolute atomic E-state index is 0. The standard InChI is InChI=1S/C13H18ClN3O.ClH/c14-11-3-1-10(2-4-11)7-16-13(18)9-17-6-5-12(15)8-17;/h1-4,12H,5-9,15H2,(H,16,18);1H/t12-;/m1./s1. The van der Waals surface area contributed by atoms with E-state index in [-0.39, 0.29) is 24.4 Å². The Morgan fingerprint density at radius 1 is 1.42 bits per heavy atom. The van der Waals surface area contributed by atoms with E-state index >= 15 is 0 Å². The van der Waals surface area contributed by atoms with Crippen LogP contribution in [0.4, 0.5) is 0 Å². The fourth-order valence-corrected chi connectivity index (χ4v) is 2.19. The Bertz CT molecular complexity index is 411. The summed E-state index contributed by atoms with van der Waals surface area (Å²) in [6.07, 6.45) is 0.977. The van der Waals surface area contributed by atoms with Crippen LogP contribution in [0, 0.1) is 0 Å². The van der Waals surface area contributed by atoms with Gasteiger partial charge < -0.3 is 11.1 Å². The van der Waals surface area contributed by atoms with Crippen molar-refractivity contribution in [2.75, 3.05) is 19.6 Å². The second kappa shape index (κ2) is 7.70. The van der Waals surface area contributed by atoms with E-state index in [2.05, 4.69) is 10.2 Å². The van der Waals surface area contributed by atoms with Crippen molar-refractivity contribution < 1.29 is 4.79 Å². The summed E-state index contributed by atoms with van der Waals surface area (Å²) < 4.78 is 0. The normalized spacial score (nSPS) is 18.9. The Labute approximate surface area is 124 Å². The van der Waals surface area contributed by atoms with Crippen molar-refractivity contribution in [1.29, 1.82) is 0 Å². The van der Waals surface area contributed by atoms with Gasteiger partial charge >= 0.3 is 0 Å². The quantitative estimate of drug-likeness (QED) is 0.884. The minimum atomic E-state index is 0. The maximum Gasteiger partial charge on any atom is 0.234 e. The topological polar surface area (TPSA) is 58.4 Å². The number of rotatable bonds is 4. The second-order valence-corrected chi connectivity index (χ2v) is 5.12. The molecule has 1 aromatic rings. The van der Waals surface area contributed by atoms with Gasteiger partial charge in [0.25, 0.3) is 0 Å². The van der Waals surface area contributed by atoms with Gasteiger partial charge in [0.15, 0.2) is 0 Å². The van der Waals surface area contributed by atoms with Crippen molar-refractivity contribution in [1.82, 2.24) is 10.2 Å². The first-order valence-corrected chi connectivity index (χ1v) is 6.50. The number of nitrogens with two attached hydrogens (primary N) is 1. The number of benzene rings is 1. The Balaban J connectivity index is 0.00000180. The van der Waals surface area contributed by atoms with Crippen LogP contribution < -0.4 is 11.1 Å². The fourth-order valence-electron chi connectivity index (χ4n) is 2.07. The molecule has 1 amide bonds. The lowest BCUT2D eigenvalue weighted by atomic mass is 10.2. The van der Waals surface area contributed by atoms with Gasteiger partial charge in [-0.15, -0.1) is 12.4 Å². The molecule has 3 N–H and O–H groups in total. The lowest BCUT2D eigenvalue weighted by Gasteiger charge is -2.14. The molecule has 1 aliphatic heterocycles. The van der Waals surface area contributed by atoms with Gasteiger partial charge in [-0.2, -0.15) is 0 Å². The third-order valence-electron chi connectivity index (χ3n) is 3.08. The van der Waals surface area contributed by atoms with E-state index in [1.54, 1.807) is 0 Å². The molecule has 1 saturated heterocycles. The first-order chi connectivity index (χ1) is 8.63. The van der Waals surface area contributed by atoms with Crippen LogP contribution in [-0.2, 0) is 11.3 Å². The van der Waals surface area contributed by atoms with E-state index < -0.39 is 0 Å². The van der Waals surface area contributed by atoms with Crippen molar-refractivity contribution in [2.24, 2.45) is 5.73 Å². The summed E-state index contributed by atoms with van der Waals surface area (Å²) in [5, 5.41) is 3.60. The van der Waals surface area contributed by atoms with Crippen molar-refractivity contribution in [3.63, 3.8) is 0 Å². The number of hydrogen-bond acceptors (Lipinski definition) is 3. The monoisotopic (exact) mass is 303 g/mol. The highest BCUT2D eigenvalue weighted by Gasteiger charge is 2.20.